The molecular weight excluding hydrogens is 262 g/mol. The zero-order chi connectivity index (χ0) is 14.2. The van der Waals surface area contributed by atoms with Crippen molar-refractivity contribution < 1.29 is 0 Å². The third-order valence-electron chi connectivity index (χ3n) is 4.06. The van der Waals surface area contributed by atoms with Gasteiger partial charge in [-0.3, -0.25) is 4.79 Å². The molecule has 1 aromatic heterocycles. The Hall–Kier alpha value is -2.46. The van der Waals surface area contributed by atoms with Crippen LogP contribution in [0.15, 0.2) is 47.3 Å². The van der Waals surface area contributed by atoms with Gasteiger partial charge in [0.1, 0.15) is 0 Å². The first-order valence-electron chi connectivity index (χ1n) is 7.13. The van der Waals surface area contributed by atoms with E-state index >= 15 is 0 Å². The summed E-state index contributed by atoms with van der Waals surface area (Å²) in [5.74, 6) is 0. The molecule has 0 spiro atoms. The molecule has 0 aliphatic carbocycles. The Labute approximate surface area is 121 Å². The van der Waals surface area contributed by atoms with Gasteiger partial charge in [-0.25, -0.2) is 5.10 Å². The molecule has 0 radical (unpaired) electrons. The van der Waals surface area contributed by atoms with Crippen molar-refractivity contribution in [2.24, 2.45) is 0 Å². The molecule has 0 unspecified atom stereocenters. The van der Waals surface area contributed by atoms with Crippen LogP contribution in [0.2, 0.25) is 0 Å². The van der Waals surface area contributed by atoms with Crippen molar-refractivity contribution in [3.8, 4) is 11.3 Å². The van der Waals surface area contributed by atoms with Crippen molar-refractivity contribution in [1.29, 1.82) is 0 Å². The van der Waals surface area contributed by atoms with Crippen molar-refractivity contribution in [2.75, 3.05) is 6.54 Å². The first-order chi connectivity index (χ1) is 10.3. The number of hydrogen-bond donors (Lipinski definition) is 2. The second-order valence-electron chi connectivity index (χ2n) is 5.36. The van der Waals surface area contributed by atoms with Gasteiger partial charge >= 0.3 is 0 Å². The lowest BCUT2D eigenvalue weighted by Crippen LogP contribution is -2.23. The molecule has 104 valence electrons. The first kappa shape index (κ1) is 12.3. The largest absolute Gasteiger partial charge is 0.312 e. The molecule has 4 heteroatoms. The number of fused-ring (bicyclic) bond motifs is 2. The highest BCUT2D eigenvalue weighted by Crippen LogP contribution is 2.27. The molecule has 2 heterocycles. The normalized spacial score (nSPS) is 14.1. The van der Waals surface area contributed by atoms with Crippen LogP contribution in [-0.2, 0) is 13.0 Å². The lowest BCUT2D eigenvalue weighted by molar-refractivity contribution is 0.644. The molecule has 0 fully saturated rings. The maximum Gasteiger partial charge on any atom is 0.272 e. The molecule has 4 nitrogen and oxygen atoms in total. The molecule has 1 aliphatic rings. The zero-order valence-electron chi connectivity index (χ0n) is 11.5. The van der Waals surface area contributed by atoms with Gasteiger partial charge in [0.15, 0.2) is 0 Å². The maximum atomic E-state index is 11.9. The minimum atomic E-state index is -0.142. The van der Waals surface area contributed by atoms with E-state index in [-0.39, 0.29) is 5.56 Å². The summed E-state index contributed by atoms with van der Waals surface area (Å²) in [5.41, 5.74) is 4.47. The van der Waals surface area contributed by atoms with Crippen LogP contribution >= 0.6 is 0 Å². The van der Waals surface area contributed by atoms with Gasteiger partial charge in [0, 0.05) is 17.5 Å². The van der Waals surface area contributed by atoms with Crippen LogP contribution in [0.5, 0.6) is 0 Å². The van der Waals surface area contributed by atoms with Gasteiger partial charge in [-0.1, -0.05) is 30.3 Å². The fraction of sp³-hybridized carbons (Fsp3) is 0.176. The van der Waals surface area contributed by atoms with E-state index in [0.29, 0.717) is 5.39 Å². The van der Waals surface area contributed by atoms with Crippen LogP contribution in [0.1, 0.15) is 11.1 Å². The standard InChI is InChI=1S/C17H15N3O/c21-17-15-4-2-1-3-14(15)16(19-20-17)12-5-6-13-10-18-8-7-11(13)9-12/h1-6,9,18H,7-8,10H2,(H,20,21). The van der Waals surface area contributed by atoms with E-state index in [0.717, 1.165) is 36.2 Å². The average Bonchev–Trinajstić information content (AvgIpc) is 2.55. The number of benzene rings is 2. The fourth-order valence-corrected chi connectivity index (χ4v) is 2.96. The third kappa shape index (κ3) is 2.04. The van der Waals surface area contributed by atoms with E-state index < -0.39 is 0 Å². The number of nitrogens with zero attached hydrogens (tertiary/aromatic N) is 1. The molecule has 0 saturated carbocycles. The van der Waals surface area contributed by atoms with Crippen LogP contribution < -0.4 is 10.9 Å². The molecule has 1 aliphatic heterocycles. The lowest BCUT2D eigenvalue weighted by Gasteiger charge is -2.18. The fourth-order valence-electron chi connectivity index (χ4n) is 2.96. The predicted molar refractivity (Wildman–Crippen MR) is 83.2 cm³/mol. The Bertz CT molecular complexity index is 883. The molecule has 3 aromatic rings. The van der Waals surface area contributed by atoms with E-state index in [1.165, 1.54) is 11.1 Å². The average molecular weight is 277 g/mol. The minimum absolute atomic E-state index is 0.142. The van der Waals surface area contributed by atoms with Crippen LogP contribution in [0.3, 0.4) is 0 Å². The molecular formula is C17H15N3O. The molecule has 0 atom stereocenters. The van der Waals surface area contributed by atoms with Gasteiger partial charge in [0.25, 0.3) is 5.56 Å². The van der Waals surface area contributed by atoms with Crippen molar-refractivity contribution in [1.82, 2.24) is 15.5 Å². The topological polar surface area (TPSA) is 57.8 Å². The summed E-state index contributed by atoms with van der Waals surface area (Å²) in [5, 5.41) is 11.8. The smallest absolute Gasteiger partial charge is 0.272 e. The van der Waals surface area contributed by atoms with E-state index in [9.17, 15) is 4.79 Å². The van der Waals surface area contributed by atoms with Crippen molar-refractivity contribution in [3.05, 3.63) is 63.9 Å². The summed E-state index contributed by atoms with van der Waals surface area (Å²) in [6, 6.07) is 14.0. The molecule has 21 heavy (non-hydrogen) atoms. The Morgan fingerprint density at radius 1 is 1.00 bits per heavy atom. The summed E-state index contributed by atoms with van der Waals surface area (Å²) in [6.45, 7) is 1.94. The second-order valence-corrected chi connectivity index (χ2v) is 5.36. The monoisotopic (exact) mass is 277 g/mol. The zero-order valence-corrected chi connectivity index (χ0v) is 11.5. The Kier molecular flexibility index (Phi) is 2.82. The van der Waals surface area contributed by atoms with Crippen molar-refractivity contribution in [2.45, 2.75) is 13.0 Å². The van der Waals surface area contributed by atoms with Gasteiger partial charge in [0.2, 0.25) is 0 Å². The summed E-state index contributed by atoms with van der Waals surface area (Å²) < 4.78 is 0. The van der Waals surface area contributed by atoms with E-state index in [2.05, 4.69) is 33.7 Å². The van der Waals surface area contributed by atoms with E-state index in [4.69, 9.17) is 0 Å². The van der Waals surface area contributed by atoms with Gasteiger partial charge in [-0.2, -0.15) is 5.10 Å². The number of hydrogen-bond acceptors (Lipinski definition) is 3. The molecule has 2 aromatic carbocycles. The lowest BCUT2D eigenvalue weighted by atomic mass is 9.96. The van der Waals surface area contributed by atoms with E-state index in [1.807, 2.05) is 24.3 Å². The quantitative estimate of drug-likeness (QED) is 0.717. The number of H-pyrrole nitrogens is 1. The molecule has 0 bridgehead atoms. The minimum Gasteiger partial charge on any atom is -0.312 e. The molecule has 4 rings (SSSR count). The highest BCUT2D eigenvalue weighted by atomic mass is 16.1. The summed E-state index contributed by atoms with van der Waals surface area (Å²) in [4.78, 5) is 11.9. The summed E-state index contributed by atoms with van der Waals surface area (Å²) >= 11 is 0. The third-order valence-corrected chi connectivity index (χ3v) is 4.06. The highest BCUT2D eigenvalue weighted by molar-refractivity contribution is 5.93. The second kappa shape index (κ2) is 4.82. The van der Waals surface area contributed by atoms with Crippen molar-refractivity contribution in [3.63, 3.8) is 0 Å². The number of nitrogens with one attached hydrogen (secondary N) is 2. The van der Waals surface area contributed by atoms with Gasteiger partial charge in [-0.05, 0) is 36.2 Å². The van der Waals surface area contributed by atoms with Crippen LogP contribution in [0.25, 0.3) is 22.0 Å². The van der Waals surface area contributed by atoms with E-state index in [1.54, 1.807) is 0 Å². The maximum absolute atomic E-state index is 11.9. The summed E-state index contributed by atoms with van der Waals surface area (Å²) in [7, 11) is 0. The van der Waals surface area contributed by atoms with Gasteiger partial charge in [-0.15, -0.1) is 0 Å². The summed E-state index contributed by atoms with van der Waals surface area (Å²) in [6.07, 6.45) is 1.03. The number of aromatic amines is 1. The van der Waals surface area contributed by atoms with Crippen molar-refractivity contribution >= 4 is 10.8 Å². The van der Waals surface area contributed by atoms with Crippen LogP contribution in [0, 0.1) is 0 Å². The molecule has 2 N–H and O–H groups in total. The first-order valence-corrected chi connectivity index (χ1v) is 7.13. The van der Waals surface area contributed by atoms with Gasteiger partial charge in [0.05, 0.1) is 11.1 Å². The number of rotatable bonds is 1. The van der Waals surface area contributed by atoms with Crippen LogP contribution in [0.4, 0.5) is 0 Å². The highest BCUT2D eigenvalue weighted by Gasteiger charge is 2.12. The molecule has 0 saturated heterocycles. The SMILES string of the molecule is O=c1[nH]nc(-c2ccc3c(c2)CCNC3)c2ccccc12. The van der Waals surface area contributed by atoms with Crippen LogP contribution in [-0.4, -0.2) is 16.7 Å². The Morgan fingerprint density at radius 3 is 2.76 bits per heavy atom. The Balaban J connectivity index is 1.95. The molecule has 0 amide bonds. The predicted octanol–water partition coefficient (Wildman–Crippen LogP) is 2.24. The van der Waals surface area contributed by atoms with Gasteiger partial charge < -0.3 is 5.32 Å². The number of aromatic nitrogens is 2. The Morgan fingerprint density at radius 2 is 1.86 bits per heavy atom.